The first-order valence-electron chi connectivity index (χ1n) is 9.13. The van der Waals surface area contributed by atoms with Crippen LogP contribution in [0.5, 0.6) is 0 Å². The fourth-order valence-electron chi connectivity index (χ4n) is 3.06. The van der Waals surface area contributed by atoms with Gasteiger partial charge in [0.15, 0.2) is 5.65 Å². The highest BCUT2D eigenvalue weighted by molar-refractivity contribution is 6.31. The third kappa shape index (κ3) is 4.06. The molecule has 9 nitrogen and oxygen atoms in total. The molecule has 3 heterocycles. The molecular formula is C19H19ClN6O3. The first-order valence-corrected chi connectivity index (χ1v) is 9.50. The zero-order valence-electron chi connectivity index (χ0n) is 15.8. The zero-order chi connectivity index (χ0) is 20.4. The maximum Gasteiger partial charge on any atom is 0.264 e. The number of hydrogen-bond acceptors (Lipinski definition) is 7. The summed E-state index contributed by atoms with van der Waals surface area (Å²) in [6.07, 6.45) is 2.78. The number of benzene rings is 1. The summed E-state index contributed by atoms with van der Waals surface area (Å²) in [5, 5.41) is 3.58. The van der Waals surface area contributed by atoms with Gasteiger partial charge in [-0.3, -0.25) is 14.2 Å². The molecule has 1 aliphatic heterocycles. The number of halogens is 1. The van der Waals surface area contributed by atoms with E-state index in [4.69, 9.17) is 16.3 Å². The Hall–Kier alpha value is -3.04. The predicted molar refractivity (Wildman–Crippen MR) is 109 cm³/mol. The third-order valence-electron chi connectivity index (χ3n) is 4.72. The smallest absolute Gasteiger partial charge is 0.264 e. The highest BCUT2D eigenvalue weighted by Crippen LogP contribution is 2.22. The van der Waals surface area contributed by atoms with Crippen LogP contribution in [0.2, 0.25) is 5.02 Å². The molecule has 1 aromatic carbocycles. The Morgan fingerprint density at radius 1 is 1.28 bits per heavy atom. The van der Waals surface area contributed by atoms with Gasteiger partial charge in [0, 0.05) is 30.0 Å². The number of nitrogens with zero attached hydrogens (tertiary/aromatic N) is 5. The molecule has 0 bridgehead atoms. The molecule has 1 aliphatic rings. The van der Waals surface area contributed by atoms with E-state index in [9.17, 15) is 9.59 Å². The second-order valence-corrected chi connectivity index (χ2v) is 7.05. The van der Waals surface area contributed by atoms with Crippen molar-refractivity contribution >= 4 is 40.2 Å². The number of hydrogen-bond donors (Lipinski definition) is 1. The summed E-state index contributed by atoms with van der Waals surface area (Å²) in [5.41, 5.74) is 1.29. The van der Waals surface area contributed by atoms with Crippen molar-refractivity contribution in [2.45, 2.75) is 13.5 Å². The molecule has 1 amide bonds. The molecule has 0 unspecified atom stereocenters. The number of rotatable bonds is 4. The van der Waals surface area contributed by atoms with Crippen molar-refractivity contribution < 1.29 is 9.53 Å². The molecule has 29 heavy (non-hydrogen) atoms. The van der Waals surface area contributed by atoms with Crippen LogP contribution in [0.25, 0.3) is 11.0 Å². The average molecular weight is 415 g/mol. The van der Waals surface area contributed by atoms with E-state index in [0.29, 0.717) is 48.6 Å². The van der Waals surface area contributed by atoms with Crippen molar-refractivity contribution in [2.75, 3.05) is 36.5 Å². The minimum absolute atomic E-state index is 0.182. The third-order valence-corrected chi connectivity index (χ3v) is 5.13. The minimum Gasteiger partial charge on any atom is -0.378 e. The summed E-state index contributed by atoms with van der Waals surface area (Å²) in [6, 6.07) is 5.25. The Balaban J connectivity index is 1.55. The molecule has 1 saturated heterocycles. The summed E-state index contributed by atoms with van der Waals surface area (Å²) in [6.45, 7) is 4.22. The van der Waals surface area contributed by atoms with Crippen LogP contribution in [0.4, 0.5) is 11.6 Å². The molecule has 4 rings (SSSR count). The fraction of sp³-hybridized carbons (Fsp3) is 0.316. The lowest BCUT2D eigenvalue weighted by atomic mass is 10.2. The lowest BCUT2D eigenvalue weighted by Gasteiger charge is -2.26. The summed E-state index contributed by atoms with van der Waals surface area (Å²) < 4.78 is 6.56. The normalized spacial score (nSPS) is 14.2. The van der Waals surface area contributed by atoms with Gasteiger partial charge in [0.05, 0.1) is 13.2 Å². The highest BCUT2D eigenvalue weighted by Gasteiger charge is 2.16. The molecule has 1 fully saturated rings. The predicted octanol–water partition coefficient (Wildman–Crippen LogP) is 1.62. The second kappa shape index (κ2) is 8.14. The summed E-state index contributed by atoms with van der Waals surface area (Å²) in [5.74, 6) is 0.157. The Labute approximate surface area is 171 Å². The van der Waals surface area contributed by atoms with Crippen LogP contribution in [-0.2, 0) is 16.1 Å². The van der Waals surface area contributed by atoms with Crippen LogP contribution in [0.3, 0.4) is 0 Å². The average Bonchev–Trinajstić information content (AvgIpc) is 2.74. The van der Waals surface area contributed by atoms with Gasteiger partial charge < -0.3 is 15.0 Å². The summed E-state index contributed by atoms with van der Waals surface area (Å²) in [7, 11) is 0. The molecule has 150 valence electrons. The zero-order valence-corrected chi connectivity index (χ0v) is 16.5. The van der Waals surface area contributed by atoms with Gasteiger partial charge in [-0.25, -0.2) is 9.97 Å². The molecule has 0 atom stereocenters. The quantitative estimate of drug-likeness (QED) is 0.692. The van der Waals surface area contributed by atoms with Gasteiger partial charge in [-0.15, -0.1) is 0 Å². The van der Waals surface area contributed by atoms with Crippen molar-refractivity contribution in [3.8, 4) is 0 Å². The van der Waals surface area contributed by atoms with E-state index in [-0.39, 0.29) is 23.4 Å². The lowest BCUT2D eigenvalue weighted by molar-refractivity contribution is -0.116. The van der Waals surface area contributed by atoms with E-state index < -0.39 is 0 Å². The first kappa shape index (κ1) is 19.3. The Kier molecular flexibility index (Phi) is 5.41. The molecular weight excluding hydrogens is 396 g/mol. The van der Waals surface area contributed by atoms with E-state index in [1.165, 1.54) is 17.1 Å². The molecule has 2 aromatic heterocycles. The van der Waals surface area contributed by atoms with Crippen LogP contribution in [0, 0.1) is 6.92 Å². The summed E-state index contributed by atoms with van der Waals surface area (Å²) in [4.78, 5) is 40.0. The van der Waals surface area contributed by atoms with Crippen molar-refractivity contribution in [1.29, 1.82) is 0 Å². The molecule has 3 aromatic rings. The van der Waals surface area contributed by atoms with Crippen LogP contribution in [0.15, 0.2) is 35.5 Å². The number of anilines is 2. The second-order valence-electron chi connectivity index (χ2n) is 6.64. The van der Waals surface area contributed by atoms with E-state index >= 15 is 0 Å². The Morgan fingerprint density at radius 2 is 2.07 bits per heavy atom. The molecule has 0 spiro atoms. The fourth-order valence-corrected chi connectivity index (χ4v) is 3.23. The van der Waals surface area contributed by atoms with Gasteiger partial charge in [0.25, 0.3) is 5.56 Å². The van der Waals surface area contributed by atoms with Crippen molar-refractivity contribution in [2.24, 2.45) is 0 Å². The molecule has 1 N–H and O–H groups in total. The van der Waals surface area contributed by atoms with Crippen LogP contribution < -0.4 is 15.8 Å². The maximum atomic E-state index is 12.7. The molecule has 0 saturated carbocycles. The van der Waals surface area contributed by atoms with E-state index in [1.807, 2.05) is 11.8 Å². The van der Waals surface area contributed by atoms with Crippen LogP contribution >= 0.6 is 11.6 Å². The lowest BCUT2D eigenvalue weighted by Crippen LogP contribution is -2.37. The minimum atomic E-state index is -0.374. The van der Waals surface area contributed by atoms with Crippen molar-refractivity contribution in [3.05, 3.63) is 51.7 Å². The van der Waals surface area contributed by atoms with Gasteiger partial charge >= 0.3 is 0 Å². The van der Waals surface area contributed by atoms with Gasteiger partial charge in [-0.2, -0.15) is 4.98 Å². The number of morpholine rings is 1. The number of carbonyl (C=O) groups excluding carboxylic acids is 1. The number of nitrogens with one attached hydrogen (secondary N) is 1. The van der Waals surface area contributed by atoms with Gasteiger partial charge in [-0.05, 0) is 24.6 Å². The monoisotopic (exact) mass is 414 g/mol. The number of aromatic nitrogens is 4. The SMILES string of the molecule is Cc1c(Cl)cccc1NC(=O)Cn1cnc2nc(N3CCOCC3)ncc2c1=O. The topological polar surface area (TPSA) is 102 Å². The highest BCUT2D eigenvalue weighted by atomic mass is 35.5. The van der Waals surface area contributed by atoms with E-state index in [0.717, 1.165) is 5.56 Å². The summed E-state index contributed by atoms with van der Waals surface area (Å²) >= 11 is 6.08. The molecule has 10 heteroatoms. The van der Waals surface area contributed by atoms with Gasteiger partial charge in [0.2, 0.25) is 11.9 Å². The number of amides is 1. The number of carbonyl (C=O) groups is 1. The van der Waals surface area contributed by atoms with Crippen molar-refractivity contribution in [3.63, 3.8) is 0 Å². The Morgan fingerprint density at radius 3 is 2.86 bits per heavy atom. The van der Waals surface area contributed by atoms with Crippen molar-refractivity contribution in [1.82, 2.24) is 19.5 Å². The largest absolute Gasteiger partial charge is 0.378 e. The van der Waals surface area contributed by atoms with E-state index in [2.05, 4.69) is 20.3 Å². The number of fused-ring (bicyclic) bond motifs is 1. The first-order chi connectivity index (χ1) is 14.0. The van der Waals surface area contributed by atoms with E-state index in [1.54, 1.807) is 18.2 Å². The van der Waals surface area contributed by atoms with Crippen LogP contribution in [0.1, 0.15) is 5.56 Å². The Bertz CT molecular complexity index is 1130. The number of ether oxygens (including phenoxy) is 1. The molecule has 0 radical (unpaired) electrons. The maximum absolute atomic E-state index is 12.7. The molecule has 0 aliphatic carbocycles. The van der Waals surface area contributed by atoms with Crippen LogP contribution in [-0.4, -0.2) is 51.7 Å². The van der Waals surface area contributed by atoms with Gasteiger partial charge in [-0.1, -0.05) is 17.7 Å². The standard InChI is InChI=1S/C19H19ClN6O3/c1-12-14(20)3-2-4-15(12)23-16(27)10-26-11-22-17-13(18(26)28)9-21-19(24-17)25-5-7-29-8-6-25/h2-4,9,11H,5-8,10H2,1H3,(H,23,27). The van der Waals surface area contributed by atoms with Gasteiger partial charge in [0.1, 0.15) is 18.3 Å².